The highest BCUT2D eigenvalue weighted by atomic mass is 16.5. The van der Waals surface area contributed by atoms with Crippen molar-refractivity contribution in [2.75, 3.05) is 20.3 Å². The first-order valence-electron chi connectivity index (χ1n) is 5.03. The van der Waals surface area contributed by atoms with Crippen LogP contribution in [0.25, 0.3) is 0 Å². The van der Waals surface area contributed by atoms with Crippen LogP contribution >= 0.6 is 0 Å². The highest BCUT2D eigenvalue weighted by Crippen LogP contribution is 2.29. The number of hydrogen-bond acceptors (Lipinski definition) is 4. The van der Waals surface area contributed by atoms with Crippen molar-refractivity contribution in [2.45, 2.75) is 12.6 Å². The minimum atomic E-state index is -0.0896. The summed E-state index contributed by atoms with van der Waals surface area (Å²) in [4.78, 5) is 0. The molecule has 15 heavy (non-hydrogen) atoms. The van der Waals surface area contributed by atoms with Crippen LogP contribution < -0.4 is 10.1 Å². The lowest BCUT2D eigenvalue weighted by Crippen LogP contribution is -2.31. The second-order valence-corrected chi connectivity index (χ2v) is 3.49. The molecule has 1 aromatic carbocycles. The van der Waals surface area contributed by atoms with E-state index in [0.717, 1.165) is 25.1 Å². The van der Waals surface area contributed by atoms with E-state index < -0.39 is 0 Å². The predicted octanol–water partition coefficient (Wildman–Crippen LogP) is 1.41. The van der Waals surface area contributed by atoms with Crippen molar-refractivity contribution in [3.63, 3.8) is 0 Å². The van der Waals surface area contributed by atoms with Gasteiger partial charge >= 0.3 is 0 Å². The third-order valence-electron chi connectivity index (χ3n) is 2.44. The number of phenolic OH excluding ortho intramolecular Hbond substituents is 1. The summed E-state index contributed by atoms with van der Waals surface area (Å²) in [6.07, 6.45) is 0.944. The van der Waals surface area contributed by atoms with Gasteiger partial charge in [-0.05, 0) is 24.1 Å². The van der Waals surface area contributed by atoms with E-state index >= 15 is 0 Å². The number of aromatic hydroxyl groups is 1. The van der Waals surface area contributed by atoms with Crippen molar-refractivity contribution in [1.82, 2.24) is 5.32 Å². The molecule has 82 valence electrons. The number of ether oxygens (including phenoxy) is 2. The molecule has 1 aliphatic heterocycles. The van der Waals surface area contributed by atoms with Crippen LogP contribution in [0.15, 0.2) is 18.2 Å². The second-order valence-electron chi connectivity index (χ2n) is 3.49. The highest BCUT2D eigenvalue weighted by Gasteiger charge is 2.16. The predicted molar refractivity (Wildman–Crippen MR) is 56.0 cm³/mol. The van der Waals surface area contributed by atoms with E-state index in [2.05, 4.69) is 5.32 Å². The molecule has 1 atom stereocenters. The van der Waals surface area contributed by atoms with Crippen LogP contribution in [0.4, 0.5) is 0 Å². The molecule has 0 radical (unpaired) electrons. The van der Waals surface area contributed by atoms with Gasteiger partial charge in [0.25, 0.3) is 0 Å². The Bertz CT molecular complexity index is 335. The summed E-state index contributed by atoms with van der Waals surface area (Å²) in [5, 5.41) is 12.7. The quantitative estimate of drug-likeness (QED) is 0.773. The Balaban J connectivity index is 2.20. The molecule has 0 bridgehead atoms. The summed E-state index contributed by atoms with van der Waals surface area (Å²) in [5.41, 5.74) is 0.976. The Morgan fingerprint density at radius 3 is 3.07 bits per heavy atom. The van der Waals surface area contributed by atoms with Gasteiger partial charge in [0.15, 0.2) is 11.5 Å². The maximum atomic E-state index is 9.45. The maximum Gasteiger partial charge on any atom is 0.160 e. The average Bonchev–Trinajstić information content (AvgIpc) is 2.31. The van der Waals surface area contributed by atoms with E-state index in [-0.39, 0.29) is 12.0 Å². The van der Waals surface area contributed by atoms with E-state index in [1.54, 1.807) is 12.1 Å². The molecule has 0 saturated carbocycles. The average molecular weight is 209 g/mol. The van der Waals surface area contributed by atoms with Crippen molar-refractivity contribution < 1.29 is 14.6 Å². The number of methoxy groups -OCH3 is 1. The largest absolute Gasteiger partial charge is 0.504 e. The summed E-state index contributed by atoms with van der Waals surface area (Å²) in [6, 6.07) is 5.24. The molecular formula is C11H15NO3. The second kappa shape index (κ2) is 4.51. The lowest BCUT2D eigenvalue weighted by Gasteiger charge is -2.24. The fourth-order valence-corrected chi connectivity index (χ4v) is 1.64. The molecular weight excluding hydrogens is 194 g/mol. The Morgan fingerprint density at radius 2 is 2.40 bits per heavy atom. The van der Waals surface area contributed by atoms with Gasteiger partial charge in [0.1, 0.15) is 6.23 Å². The summed E-state index contributed by atoms with van der Waals surface area (Å²) in [5.74, 6) is 0.625. The minimum absolute atomic E-state index is 0.0896. The highest BCUT2D eigenvalue weighted by molar-refractivity contribution is 5.42. The summed E-state index contributed by atoms with van der Waals surface area (Å²) < 4.78 is 10.6. The number of rotatable bonds is 2. The van der Waals surface area contributed by atoms with Crippen molar-refractivity contribution in [3.05, 3.63) is 23.8 Å². The molecule has 2 rings (SSSR count). The molecule has 0 spiro atoms. The van der Waals surface area contributed by atoms with Gasteiger partial charge in [0.05, 0.1) is 13.7 Å². The van der Waals surface area contributed by atoms with Crippen LogP contribution in [0.5, 0.6) is 11.5 Å². The zero-order chi connectivity index (χ0) is 10.7. The van der Waals surface area contributed by atoms with Crippen molar-refractivity contribution in [1.29, 1.82) is 0 Å². The lowest BCUT2D eigenvalue weighted by molar-refractivity contribution is -0.000446. The standard InChI is InChI=1S/C11H15NO3/c1-14-10-7-8(3-4-9(10)13)11-12-5-2-6-15-11/h3-4,7,11-13H,2,5-6H2,1H3. The zero-order valence-electron chi connectivity index (χ0n) is 8.69. The molecule has 2 N–H and O–H groups in total. The normalized spacial score (nSPS) is 21.3. The Kier molecular flexibility index (Phi) is 3.08. The smallest absolute Gasteiger partial charge is 0.160 e. The van der Waals surface area contributed by atoms with Crippen molar-refractivity contribution in [3.8, 4) is 11.5 Å². The number of hydrogen-bond donors (Lipinski definition) is 2. The fraction of sp³-hybridized carbons (Fsp3) is 0.455. The molecule has 1 aliphatic rings. The SMILES string of the molecule is COc1cc(C2NCCCO2)ccc1O. The van der Waals surface area contributed by atoms with Gasteiger partial charge in [-0.25, -0.2) is 0 Å². The Labute approximate surface area is 88.8 Å². The molecule has 1 aromatic rings. The number of benzene rings is 1. The molecule has 4 nitrogen and oxygen atoms in total. The Hall–Kier alpha value is -1.26. The van der Waals surface area contributed by atoms with E-state index in [1.165, 1.54) is 7.11 Å². The van der Waals surface area contributed by atoms with E-state index in [9.17, 15) is 5.11 Å². The Morgan fingerprint density at radius 1 is 1.53 bits per heavy atom. The third kappa shape index (κ3) is 2.22. The van der Waals surface area contributed by atoms with Gasteiger partial charge in [-0.2, -0.15) is 0 Å². The van der Waals surface area contributed by atoms with Crippen LogP contribution in [0.3, 0.4) is 0 Å². The molecule has 0 aliphatic carbocycles. The first-order valence-corrected chi connectivity index (χ1v) is 5.03. The van der Waals surface area contributed by atoms with Gasteiger partial charge in [-0.1, -0.05) is 6.07 Å². The summed E-state index contributed by atoms with van der Waals surface area (Å²) >= 11 is 0. The lowest BCUT2D eigenvalue weighted by atomic mass is 10.1. The fourth-order valence-electron chi connectivity index (χ4n) is 1.64. The van der Waals surface area contributed by atoms with E-state index in [1.807, 2.05) is 6.07 Å². The van der Waals surface area contributed by atoms with Crippen molar-refractivity contribution >= 4 is 0 Å². The summed E-state index contributed by atoms with van der Waals surface area (Å²) in [6.45, 7) is 1.72. The third-order valence-corrected chi connectivity index (χ3v) is 2.44. The van der Waals surface area contributed by atoms with Gasteiger partial charge < -0.3 is 14.6 Å². The molecule has 1 fully saturated rings. The van der Waals surface area contributed by atoms with Crippen molar-refractivity contribution in [2.24, 2.45) is 0 Å². The van der Waals surface area contributed by atoms with Crippen LogP contribution in [0.1, 0.15) is 18.2 Å². The van der Waals surface area contributed by atoms with Gasteiger partial charge in [-0.15, -0.1) is 0 Å². The molecule has 0 aromatic heterocycles. The zero-order valence-corrected chi connectivity index (χ0v) is 8.69. The first-order chi connectivity index (χ1) is 7.31. The molecule has 0 amide bonds. The summed E-state index contributed by atoms with van der Waals surface area (Å²) in [7, 11) is 1.54. The van der Waals surface area contributed by atoms with Gasteiger partial charge in [0, 0.05) is 6.54 Å². The van der Waals surface area contributed by atoms with Crippen LogP contribution in [-0.2, 0) is 4.74 Å². The van der Waals surface area contributed by atoms with Crippen LogP contribution in [-0.4, -0.2) is 25.4 Å². The van der Waals surface area contributed by atoms with Gasteiger partial charge in [0.2, 0.25) is 0 Å². The number of phenols is 1. The first kappa shape index (κ1) is 10.3. The molecule has 1 unspecified atom stereocenters. The molecule has 1 heterocycles. The maximum absolute atomic E-state index is 9.45. The topological polar surface area (TPSA) is 50.7 Å². The number of nitrogens with one attached hydrogen (secondary N) is 1. The molecule has 1 saturated heterocycles. The van der Waals surface area contributed by atoms with Crippen LogP contribution in [0.2, 0.25) is 0 Å². The monoisotopic (exact) mass is 209 g/mol. The van der Waals surface area contributed by atoms with E-state index in [4.69, 9.17) is 9.47 Å². The molecule has 4 heteroatoms. The van der Waals surface area contributed by atoms with Crippen LogP contribution in [0, 0.1) is 0 Å². The van der Waals surface area contributed by atoms with E-state index in [0.29, 0.717) is 5.75 Å². The van der Waals surface area contributed by atoms with Gasteiger partial charge in [-0.3, -0.25) is 5.32 Å². The minimum Gasteiger partial charge on any atom is -0.504 e.